The second-order valence-electron chi connectivity index (χ2n) is 10.2. The number of likely N-dealkylation sites (tertiary alicyclic amines) is 1. The van der Waals surface area contributed by atoms with Gasteiger partial charge in [0.2, 0.25) is 5.79 Å². The summed E-state index contributed by atoms with van der Waals surface area (Å²) in [5.41, 5.74) is -0.778. The zero-order valence-corrected chi connectivity index (χ0v) is 18.1. The predicted octanol–water partition coefficient (Wildman–Crippen LogP) is 2.25. The SMILES string of the molecule is COC(=O)N1CC2CCC(OC)C34C1[C@H](C[C@H]23)[C@@]12C=C[C@@H](CC41)C(=O)C2(OC)OC. The van der Waals surface area contributed by atoms with Crippen LogP contribution in [-0.2, 0) is 23.7 Å². The molecule has 7 aliphatic rings. The molecule has 7 heteroatoms. The summed E-state index contributed by atoms with van der Waals surface area (Å²) in [5.74, 6) is -0.290. The van der Waals surface area contributed by atoms with Crippen LogP contribution >= 0.6 is 0 Å². The van der Waals surface area contributed by atoms with Gasteiger partial charge >= 0.3 is 6.09 Å². The highest BCUT2D eigenvalue weighted by Crippen LogP contribution is 2.82. The van der Waals surface area contributed by atoms with E-state index in [2.05, 4.69) is 12.2 Å². The molecule has 4 saturated carbocycles. The Balaban J connectivity index is 1.62. The fourth-order valence-corrected chi connectivity index (χ4v) is 9.66. The number of hydrogen-bond donors (Lipinski definition) is 0. The number of carbonyl (C=O) groups is 2. The van der Waals surface area contributed by atoms with Crippen molar-refractivity contribution in [3.8, 4) is 0 Å². The maximum Gasteiger partial charge on any atom is 0.409 e. The van der Waals surface area contributed by atoms with Gasteiger partial charge in [-0.15, -0.1) is 0 Å². The molecule has 0 radical (unpaired) electrons. The van der Waals surface area contributed by atoms with E-state index < -0.39 is 11.2 Å². The zero-order chi connectivity index (χ0) is 21.1. The van der Waals surface area contributed by atoms with Crippen molar-refractivity contribution in [1.82, 2.24) is 4.90 Å². The number of nitrogens with zero attached hydrogens (tertiary/aromatic N) is 1. The smallest absolute Gasteiger partial charge is 0.409 e. The first kappa shape index (κ1) is 19.3. The van der Waals surface area contributed by atoms with Crippen LogP contribution in [0.1, 0.15) is 25.7 Å². The molecule has 30 heavy (non-hydrogen) atoms. The highest BCUT2D eigenvalue weighted by Gasteiger charge is 2.87. The lowest BCUT2D eigenvalue weighted by molar-refractivity contribution is -0.298. The highest BCUT2D eigenvalue weighted by atomic mass is 16.7. The summed E-state index contributed by atoms with van der Waals surface area (Å²) < 4.78 is 23.5. The van der Waals surface area contributed by atoms with Crippen LogP contribution < -0.4 is 0 Å². The van der Waals surface area contributed by atoms with Gasteiger partial charge in [-0.05, 0) is 49.4 Å². The standard InChI is InChI=1S/C23H31NO6/c1-27-17-6-5-13-11-24(20(26)28-2)18-15-10-14(13)22(17,18)16-9-12-7-8-21(15,16)23(29-3,30-4)19(12)25/h7-8,12-18H,5-6,9-11H2,1-4H3/t12-,13?,14+,15-,16?,17?,18?,21-,22?/m0/s1. The van der Waals surface area contributed by atoms with Crippen LogP contribution in [0.25, 0.3) is 0 Å². The Morgan fingerprint density at radius 3 is 2.53 bits per heavy atom. The lowest BCUT2D eigenvalue weighted by Gasteiger charge is -2.65. The van der Waals surface area contributed by atoms with Crippen molar-refractivity contribution < 1.29 is 28.5 Å². The molecular weight excluding hydrogens is 386 g/mol. The summed E-state index contributed by atoms with van der Waals surface area (Å²) in [6.07, 6.45) is 7.90. The number of ketones is 1. The largest absolute Gasteiger partial charge is 0.453 e. The van der Waals surface area contributed by atoms with Crippen molar-refractivity contribution >= 4 is 11.9 Å². The second kappa shape index (κ2) is 5.87. The minimum Gasteiger partial charge on any atom is -0.453 e. The van der Waals surface area contributed by atoms with E-state index in [1.54, 1.807) is 21.3 Å². The van der Waals surface area contributed by atoms with Crippen LogP contribution in [0.2, 0.25) is 0 Å². The number of allylic oxidation sites excluding steroid dienone is 1. The molecule has 7 rings (SSSR count). The van der Waals surface area contributed by atoms with E-state index in [0.29, 0.717) is 11.8 Å². The zero-order valence-electron chi connectivity index (χ0n) is 18.1. The summed E-state index contributed by atoms with van der Waals surface area (Å²) in [5, 5.41) is 0. The van der Waals surface area contributed by atoms with Crippen LogP contribution in [-0.4, -0.2) is 69.7 Å². The first-order valence-corrected chi connectivity index (χ1v) is 11.2. The van der Waals surface area contributed by atoms with Crippen LogP contribution in [0.4, 0.5) is 4.79 Å². The van der Waals surface area contributed by atoms with Crippen molar-refractivity contribution in [3.63, 3.8) is 0 Å². The Morgan fingerprint density at radius 1 is 1.10 bits per heavy atom. The van der Waals surface area contributed by atoms with Crippen molar-refractivity contribution in [1.29, 1.82) is 0 Å². The Hall–Kier alpha value is -1.44. The van der Waals surface area contributed by atoms with Gasteiger partial charge in [-0.3, -0.25) is 4.79 Å². The average Bonchev–Trinajstić information content (AvgIpc) is 3.17. The van der Waals surface area contributed by atoms with Gasteiger partial charge in [0.05, 0.1) is 18.6 Å². The molecule has 1 saturated heterocycles. The summed E-state index contributed by atoms with van der Waals surface area (Å²) in [6, 6.07) is -0.0274. The minimum absolute atomic E-state index is 0.0238. The van der Waals surface area contributed by atoms with Gasteiger partial charge in [0.1, 0.15) is 0 Å². The predicted molar refractivity (Wildman–Crippen MR) is 105 cm³/mol. The normalized spacial score (nSPS) is 51.3. The summed E-state index contributed by atoms with van der Waals surface area (Å²) in [7, 11) is 6.44. The van der Waals surface area contributed by atoms with Gasteiger partial charge in [-0.25, -0.2) is 4.79 Å². The molecule has 0 aromatic carbocycles. The number of Topliss-reactive ketones (excluding diaryl/α,β-unsaturated/α-hetero) is 1. The molecule has 5 fully saturated rings. The van der Waals surface area contributed by atoms with Crippen molar-refractivity contribution in [3.05, 3.63) is 12.2 Å². The van der Waals surface area contributed by atoms with E-state index >= 15 is 0 Å². The summed E-state index contributed by atoms with van der Waals surface area (Å²) in [6.45, 7) is 0.730. The number of hydrogen-bond acceptors (Lipinski definition) is 6. The molecular formula is C23H31NO6. The molecule has 7 bridgehead atoms. The first-order chi connectivity index (χ1) is 14.5. The number of methoxy groups -OCH3 is 4. The van der Waals surface area contributed by atoms with Gasteiger partial charge < -0.3 is 23.8 Å². The third-order valence-electron chi connectivity index (χ3n) is 10.1. The van der Waals surface area contributed by atoms with E-state index in [1.807, 2.05) is 4.90 Å². The maximum absolute atomic E-state index is 13.5. The van der Waals surface area contributed by atoms with E-state index in [4.69, 9.17) is 18.9 Å². The van der Waals surface area contributed by atoms with Crippen molar-refractivity contribution in [2.75, 3.05) is 35.0 Å². The lowest BCUT2D eigenvalue weighted by atomic mass is 9.42. The third-order valence-corrected chi connectivity index (χ3v) is 10.1. The van der Waals surface area contributed by atoms with Gasteiger partial charge in [-0.2, -0.15) is 0 Å². The average molecular weight is 418 g/mol. The molecule has 5 unspecified atom stereocenters. The number of amides is 1. The number of fused-ring (bicyclic) bond motifs is 1. The van der Waals surface area contributed by atoms with E-state index in [1.165, 1.54) is 7.11 Å². The lowest BCUT2D eigenvalue weighted by Crippen LogP contribution is -2.72. The third kappa shape index (κ3) is 1.65. The van der Waals surface area contributed by atoms with Crippen LogP contribution in [0.3, 0.4) is 0 Å². The van der Waals surface area contributed by atoms with Crippen LogP contribution in [0.15, 0.2) is 12.2 Å². The van der Waals surface area contributed by atoms with Crippen molar-refractivity contribution in [2.24, 2.45) is 40.4 Å². The molecule has 0 aromatic rings. The Labute approximate surface area is 177 Å². The van der Waals surface area contributed by atoms with Crippen LogP contribution in [0.5, 0.6) is 0 Å². The highest BCUT2D eigenvalue weighted by molar-refractivity contribution is 5.94. The van der Waals surface area contributed by atoms with E-state index in [9.17, 15) is 9.59 Å². The fourth-order valence-electron chi connectivity index (χ4n) is 9.66. The van der Waals surface area contributed by atoms with E-state index in [-0.39, 0.29) is 47.2 Å². The fraction of sp³-hybridized carbons (Fsp3) is 0.826. The number of piperidine rings is 1. The van der Waals surface area contributed by atoms with Gasteiger partial charge in [0, 0.05) is 45.2 Å². The molecule has 2 spiro atoms. The molecule has 0 aromatic heterocycles. The van der Waals surface area contributed by atoms with Gasteiger partial charge in [0.15, 0.2) is 5.78 Å². The molecule has 7 nitrogen and oxygen atoms in total. The molecule has 1 aliphatic heterocycles. The Morgan fingerprint density at radius 2 is 1.87 bits per heavy atom. The monoisotopic (exact) mass is 417 g/mol. The Kier molecular flexibility index (Phi) is 3.77. The van der Waals surface area contributed by atoms with Gasteiger partial charge in [0.25, 0.3) is 0 Å². The van der Waals surface area contributed by atoms with Crippen LogP contribution in [0, 0.1) is 40.4 Å². The first-order valence-electron chi connectivity index (χ1n) is 11.2. The molecule has 1 heterocycles. The molecule has 9 atom stereocenters. The molecule has 164 valence electrons. The number of carbonyl (C=O) groups excluding carboxylic acids is 2. The molecule has 1 amide bonds. The molecule has 0 N–H and O–H groups in total. The second-order valence-corrected chi connectivity index (χ2v) is 10.2. The maximum atomic E-state index is 13.5. The quantitative estimate of drug-likeness (QED) is 0.518. The number of ether oxygens (including phenoxy) is 4. The summed E-state index contributed by atoms with van der Waals surface area (Å²) >= 11 is 0. The van der Waals surface area contributed by atoms with E-state index in [0.717, 1.165) is 32.2 Å². The van der Waals surface area contributed by atoms with Crippen molar-refractivity contribution in [2.45, 2.75) is 43.6 Å². The minimum atomic E-state index is -1.30. The van der Waals surface area contributed by atoms with Gasteiger partial charge in [-0.1, -0.05) is 12.2 Å². The molecule has 6 aliphatic carbocycles. The number of rotatable bonds is 3. The Bertz CT molecular complexity index is 838. The topological polar surface area (TPSA) is 74.3 Å². The summed E-state index contributed by atoms with van der Waals surface area (Å²) in [4.78, 5) is 28.5.